The Kier molecular flexibility index (Phi) is 3.23. The van der Waals surface area contributed by atoms with Crippen molar-refractivity contribution in [2.75, 3.05) is 32.1 Å². The summed E-state index contributed by atoms with van der Waals surface area (Å²) in [6.07, 6.45) is 3.10. The Morgan fingerprint density at radius 1 is 1.67 bits per heavy atom. The average Bonchev–Trinajstić information content (AvgIpc) is 2.76. The van der Waals surface area contributed by atoms with Crippen LogP contribution in [0.1, 0.15) is 11.3 Å². The summed E-state index contributed by atoms with van der Waals surface area (Å²) in [4.78, 5) is 10.1. The van der Waals surface area contributed by atoms with Crippen molar-refractivity contribution in [1.29, 1.82) is 0 Å². The lowest BCUT2D eigenvalue weighted by Crippen LogP contribution is -2.25. The zero-order valence-corrected chi connectivity index (χ0v) is 10.1. The van der Waals surface area contributed by atoms with E-state index in [9.17, 15) is 0 Å². The molecule has 1 aliphatic rings. The van der Waals surface area contributed by atoms with Gasteiger partial charge in [0.2, 0.25) is 0 Å². The first-order chi connectivity index (χ1) is 7.15. The Balaban J connectivity index is 1.93. The van der Waals surface area contributed by atoms with E-state index in [-0.39, 0.29) is 0 Å². The van der Waals surface area contributed by atoms with Gasteiger partial charge in [-0.25, -0.2) is 4.98 Å². The number of aromatic nitrogens is 1. The Hall–Kier alpha value is -0.650. The molecule has 84 valence electrons. The van der Waals surface area contributed by atoms with E-state index in [1.807, 2.05) is 25.2 Å². The monoisotopic (exact) mass is 226 g/mol. The largest absolute Gasteiger partial charge is 0.354 e. The van der Waals surface area contributed by atoms with Gasteiger partial charge in [0.25, 0.3) is 0 Å². The predicted molar refractivity (Wildman–Crippen MR) is 64.3 cm³/mol. The van der Waals surface area contributed by atoms with Crippen LogP contribution in [0.2, 0.25) is 0 Å². The second kappa shape index (κ2) is 4.47. The van der Waals surface area contributed by atoms with Gasteiger partial charge in [-0.15, -0.1) is 11.3 Å². The molecule has 0 bridgehead atoms. The Labute approximate surface area is 94.7 Å². The number of anilines is 1. The van der Waals surface area contributed by atoms with Crippen molar-refractivity contribution >= 4 is 16.5 Å². The van der Waals surface area contributed by atoms with Crippen LogP contribution in [0.4, 0.5) is 5.13 Å². The smallest absolute Gasteiger partial charge is 0.185 e. The number of nitrogens with two attached hydrogens (primary N) is 1. The van der Waals surface area contributed by atoms with Crippen LogP contribution >= 0.6 is 11.3 Å². The Morgan fingerprint density at radius 3 is 3.00 bits per heavy atom. The fourth-order valence-electron chi connectivity index (χ4n) is 1.80. The summed E-state index contributed by atoms with van der Waals surface area (Å²) in [7, 11) is 4.04. The molecule has 1 unspecified atom stereocenters. The minimum absolute atomic E-state index is 0.367. The van der Waals surface area contributed by atoms with Gasteiger partial charge in [-0.3, -0.25) is 4.90 Å². The predicted octanol–water partition coefficient (Wildman–Crippen LogP) is 0.742. The quantitative estimate of drug-likeness (QED) is 0.826. The fraction of sp³-hybridized carbons (Fsp3) is 0.700. The zero-order valence-electron chi connectivity index (χ0n) is 9.31. The highest BCUT2D eigenvalue weighted by Gasteiger charge is 2.19. The minimum Gasteiger partial charge on any atom is -0.354 e. The summed E-state index contributed by atoms with van der Waals surface area (Å²) in [6.45, 7) is 3.14. The first-order valence-corrected chi connectivity index (χ1v) is 6.07. The molecule has 0 aliphatic carbocycles. The van der Waals surface area contributed by atoms with E-state index < -0.39 is 0 Å². The third kappa shape index (κ3) is 2.68. The summed E-state index contributed by atoms with van der Waals surface area (Å²) in [5.74, 6) is 0. The molecular weight excluding hydrogens is 208 g/mol. The van der Waals surface area contributed by atoms with Gasteiger partial charge in [0.1, 0.15) is 0 Å². The van der Waals surface area contributed by atoms with Gasteiger partial charge in [-0.2, -0.15) is 0 Å². The summed E-state index contributed by atoms with van der Waals surface area (Å²) in [5, 5.41) is 1.08. The molecule has 1 saturated heterocycles. The molecule has 0 saturated carbocycles. The number of nitrogens with zero attached hydrogens (tertiary/aromatic N) is 3. The molecule has 1 atom stereocenters. The molecule has 1 aromatic rings. The van der Waals surface area contributed by atoms with Crippen LogP contribution in [0.15, 0.2) is 6.20 Å². The molecule has 0 radical (unpaired) electrons. The molecule has 1 aromatic heterocycles. The fourth-order valence-corrected chi connectivity index (χ4v) is 2.68. The van der Waals surface area contributed by atoms with Gasteiger partial charge >= 0.3 is 0 Å². The lowest BCUT2D eigenvalue weighted by Gasteiger charge is -2.13. The van der Waals surface area contributed by atoms with Gasteiger partial charge < -0.3 is 10.6 Å². The molecule has 2 N–H and O–H groups in total. The SMILES string of the molecule is CN(C)c1ncc(CN2CCC(N)C2)s1. The van der Waals surface area contributed by atoms with E-state index in [0.29, 0.717) is 6.04 Å². The lowest BCUT2D eigenvalue weighted by molar-refractivity contribution is 0.329. The van der Waals surface area contributed by atoms with Gasteiger partial charge in [-0.05, 0) is 6.42 Å². The van der Waals surface area contributed by atoms with Crippen LogP contribution in [0.5, 0.6) is 0 Å². The third-order valence-electron chi connectivity index (χ3n) is 2.61. The first kappa shape index (κ1) is 10.9. The number of rotatable bonds is 3. The van der Waals surface area contributed by atoms with Gasteiger partial charge in [0.15, 0.2) is 5.13 Å². The van der Waals surface area contributed by atoms with Crippen molar-refractivity contribution < 1.29 is 0 Å². The molecular formula is C10H18N4S. The van der Waals surface area contributed by atoms with E-state index in [0.717, 1.165) is 31.2 Å². The summed E-state index contributed by atoms with van der Waals surface area (Å²) in [6, 6.07) is 0.367. The number of thiazole rings is 1. The maximum absolute atomic E-state index is 5.87. The zero-order chi connectivity index (χ0) is 10.8. The molecule has 2 heterocycles. The molecule has 1 fully saturated rings. The van der Waals surface area contributed by atoms with Crippen molar-refractivity contribution in [1.82, 2.24) is 9.88 Å². The molecule has 5 heteroatoms. The molecule has 15 heavy (non-hydrogen) atoms. The second-order valence-corrected chi connectivity index (χ2v) is 5.38. The van der Waals surface area contributed by atoms with E-state index >= 15 is 0 Å². The number of likely N-dealkylation sites (tertiary alicyclic amines) is 1. The highest BCUT2D eigenvalue weighted by atomic mass is 32.1. The van der Waals surface area contributed by atoms with E-state index in [1.165, 1.54) is 4.88 Å². The van der Waals surface area contributed by atoms with Crippen LogP contribution in [-0.4, -0.2) is 43.1 Å². The lowest BCUT2D eigenvalue weighted by atomic mass is 10.3. The molecule has 0 spiro atoms. The van der Waals surface area contributed by atoms with Gasteiger partial charge in [-0.1, -0.05) is 0 Å². The first-order valence-electron chi connectivity index (χ1n) is 5.25. The molecule has 0 amide bonds. The van der Waals surface area contributed by atoms with Crippen LogP contribution in [0.25, 0.3) is 0 Å². The Bertz CT molecular complexity index is 323. The second-order valence-electron chi connectivity index (χ2n) is 4.29. The molecule has 1 aliphatic heterocycles. The van der Waals surface area contributed by atoms with E-state index in [2.05, 4.69) is 9.88 Å². The van der Waals surface area contributed by atoms with Crippen molar-refractivity contribution in [3.63, 3.8) is 0 Å². The van der Waals surface area contributed by atoms with Crippen LogP contribution in [0.3, 0.4) is 0 Å². The third-order valence-corrected chi connectivity index (χ3v) is 3.76. The maximum atomic E-state index is 5.87. The summed E-state index contributed by atoms with van der Waals surface area (Å²) >= 11 is 1.76. The summed E-state index contributed by atoms with van der Waals surface area (Å²) in [5.41, 5.74) is 5.87. The number of hydrogen-bond donors (Lipinski definition) is 1. The minimum atomic E-state index is 0.367. The highest BCUT2D eigenvalue weighted by molar-refractivity contribution is 7.15. The van der Waals surface area contributed by atoms with E-state index in [1.54, 1.807) is 11.3 Å². The van der Waals surface area contributed by atoms with Crippen molar-refractivity contribution in [2.24, 2.45) is 5.73 Å². The standard InChI is InChI=1S/C10H18N4S/c1-13(2)10-12-5-9(15-10)7-14-4-3-8(11)6-14/h5,8H,3-4,6-7,11H2,1-2H3. The molecule has 0 aromatic carbocycles. The normalized spacial score (nSPS) is 22.2. The van der Waals surface area contributed by atoms with Crippen molar-refractivity contribution in [3.8, 4) is 0 Å². The van der Waals surface area contributed by atoms with Crippen LogP contribution < -0.4 is 10.6 Å². The summed E-state index contributed by atoms with van der Waals surface area (Å²) < 4.78 is 0. The van der Waals surface area contributed by atoms with Crippen molar-refractivity contribution in [2.45, 2.75) is 19.0 Å². The average molecular weight is 226 g/mol. The topological polar surface area (TPSA) is 45.4 Å². The van der Waals surface area contributed by atoms with Gasteiger partial charge in [0.05, 0.1) is 0 Å². The van der Waals surface area contributed by atoms with E-state index in [4.69, 9.17) is 5.73 Å². The van der Waals surface area contributed by atoms with Crippen molar-refractivity contribution in [3.05, 3.63) is 11.1 Å². The number of hydrogen-bond acceptors (Lipinski definition) is 5. The molecule has 2 rings (SSSR count). The molecule has 4 nitrogen and oxygen atoms in total. The van der Waals surface area contributed by atoms with Gasteiger partial charge in [0, 0.05) is 50.8 Å². The maximum Gasteiger partial charge on any atom is 0.185 e. The highest BCUT2D eigenvalue weighted by Crippen LogP contribution is 2.22. The van der Waals surface area contributed by atoms with Crippen LogP contribution in [0, 0.1) is 0 Å². The Morgan fingerprint density at radius 2 is 2.47 bits per heavy atom. The van der Waals surface area contributed by atoms with Crippen LogP contribution in [-0.2, 0) is 6.54 Å².